The zero-order chi connectivity index (χ0) is 14.7. The van der Waals surface area contributed by atoms with Crippen LogP contribution in [0.2, 0.25) is 0 Å². The fourth-order valence-corrected chi connectivity index (χ4v) is 2.01. The summed E-state index contributed by atoms with van der Waals surface area (Å²) in [5.74, 6) is -0.132. The van der Waals surface area contributed by atoms with Gasteiger partial charge in [-0.15, -0.1) is 0 Å². The predicted molar refractivity (Wildman–Crippen MR) is 81.2 cm³/mol. The number of rotatable bonds is 3. The molecule has 0 aliphatic heterocycles. The van der Waals surface area contributed by atoms with Gasteiger partial charge in [-0.05, 0) is 52.3 Å². The van der Waals surface area contributed by atoms with Crippen molar-refractivity contribution in [3.63, 3.8) is 0 Å². The average Bonchev–Trinajstić information content (AvgIpc) is 2.42. The van der Waals surface area contributed by atoms with Crippen LogP contribution in [0.25, 0.3) is 0 Å². The number of benzene rings is 2. The fraction of sp³-hybridized carbons (Fsp3) is 0.0714. The van der Waals surface area contributed by atoms with Gasteiger partial charge in [0.2, 0.25) is 0 Å². The van der Waals surface area contributed by atoms with Gasteiger partial charge in [0, 0.05) is 15.7 Å². The summed E-state index contributed by atoms with van der Waals surface area (Å²) >= 11 is 3.33. The lowest BCUT2D eigenvalue weighted by atomic mass is 10.2. The summed E-state index contributed by atoms with van der Waals surface area (Å²) in [6, 6.07) is 9.54. The Morgan fingerprint density at radius 2 is 2.05 bits per heavy atom. The predicted octanol–water partition coefficient (Wildman–Crippen LogP) is 3.00. The van der Waals surface area contributed by atoms with Crippen LogP contribution in [0.15, 0.2) is 40.9 Å². The van der Waals surface area contributed by atoms with E-state index in [1.54, 1.807) is 24.3 Å². The number of halogens is 1. The first-order valence-electron chi connectivity index (χ1n) is 5.74. The molecule has 0 saturated heterocycles. The van der Waals surface area contributed by atoms with Gasteiger partial charge >= 0.3 is 0 Å². The van der Waals surface area contributed by atoms with E-state index in [0.29, 0.717) is 22.7 Å². The van der Waals surface area contributed by atoms with Crippen LogP contribution in [-0.4, -0.2) is 18.1 Å². The minimum atomic E-state index is -0.353. The molecule has 2 rings (SSSR count). The number of nitrogens with two attached hydrogens (primary N) is 1. The molecule has 1 amide bonds. The van der Waals surface area contributed by atoms with Gasteiger partial charge in [-0.1, -0.05) is 0 Å². The Kier molecular flexibility index (Phi) is 4.14. The zero-order valence-electron chi connectivity index (χ0n) is 10.7. The molecule has 0 heterocycles. The number of hydrogen-bond donors (Lipinski definition) is 3. The maximum Gasteiger partial charge on any atom is 0.255 e. The first-order chi connectivity index (χ1) is 9.51. The Balaban J connectivity index is 2.24. The topological polar surface area (TPSA) is 84.6 Å². The van der Waals surface area contributed by atoms with Crippen LogP contribution in [0, 0.1) is 0 Å². The van der Waals surface area contributed by atoms with Crippen LogP contribution < -0.4 is 15.8 Å². The molecule has 2 aromatic rings. The van der Waals surface area contributed by atoms with Gasteiger partial charge in [0.15, 0.2) is 11.5 Å². The number of phenolic OH excluding ortho intramolecular Hbond substituents is 1. The first kappa shape index (κ1) is 14.2. The summed E-state index contributed by atoms with van der Waals surface area (Å²) in [5.41, 5.74) is 7.10. The summed E-state index contributed by atoms with van der Waals surface area (Å²) in [5, 5.41) is 12.4. The molecule has 0 unspecified atom stereocenters. The third-order valence-electron chi connectivity index (χ3n) is 2.68. The molecule has 4 N–H and O–H groups in total. The lowest BCUT2D eigenvalue weighted by molar-refractivity contribution is 0.102. The van der Waals surface area contributed by atoms with E-state index < -0.39 is 0 Å². The molecule has 0 fully saturated rings. The molecule has 6 heteroatoms. The highest BCUT2D eigenvalue weighted by atomic mass is 79.9. The van der Waals surface area contributed by atoms with Crippen LogP contribution in [0.5, 0.6) is 11.5 Å². The molecule has 104 valence electrons. The fourth-order valence-electron chi connectivity index (χ4n) is 1.66. The first-order valence-corrected chi connectivity index (χ1v) is 6.54. The zero-order valence-corrected chi connectivity index (χ0v) is 12.3. The van der Waals surface area contributed by atoms with Crippen molar-refractivity contribution in [1.82, 2.24) is 0 Å². The molecule has 20 heavy (non-hydrogen) atoms. The molecule has 0 spiro atoms. The van der Waals surface area contributed by atoms with Crippen molar-refractivity contribution in [1.29, 1.82) is 0 Å². The highest BCUT2D eigenvalue weighted by molar-refractivity contribution is 9.10. The molecule has 2 aromatic carbocycles. The number of amides is 1. The van der Waals surface area contributed by atoms with E-state index >= 15 is 0 Å². The summed E-state index contributed by atoms with van der Waals surface area (Å²) in [4.78, 5) is 12.1. The van der Waals surface area contributed by atoms with Gasteiger partial charge in [-0.25, -0.2) is 0 Å². The summed E-state index contributed by atoms with van der Waals surface area (Å²) < 4.78 is 5.65. The highest BCUT2D eigenvalue weighted by Gasteiger charge is 2.11. The number of anilines is 2. The third-order valence-corrected chi connectivity index (χ3v) is 3.37. The second kappa shape index (κ2) is 5.83. The molecule has 0 saturated carbocycles. The Labute approximate surface area is 124 Å². The van der Waals surface area contributed by atoms with Gasteiger partial charge in [0.25, 0.3) is 5.91 Å². The number of carbonyl (C=O) groups is 1. The molecule has 0 aliphatic carbocycles. The minimum absolute atomic E-state index is 0.0909. The number of ether oxygens (including phenoxy) is 1. The minimum Gasteiger partial charge on any atom is -0.504 e. The largest absolute Gasteiger partial charge is 0.504 e. The van der Waals surface area contributed by atoms with Gasteiger partial charge in [-0.2, -0.15) is 0 Å². The lowest BCUT2D eigenvalue weighted by Gasteiger charge is -2.09. The molecule has 0 bridgehead atoms. The van der Waals surface area contributed by atoms with E-state index in [4.69, 9.17) is 10.5 Å². The second-order valence-corrected chi connectivity index (χ2v) is 4.93. The maximum atomic E-state index is 12.1. The van der Waals surface area contributed by atoms with Gasteiger partial charge in [0.05, 0.1) is 12.8 Å². The number of aromatic hydroxyl groups is 1. The van der Waals surface area contributed by atoms with E-state index in [0.717, 1.165) is 4.47 Å². The molecule has 0 aromatic heterocycles. The Morgan fingerprint density at radius 1 is 1.30 bits per heavy atom. The van der Waals surface area contributed by atoms with Crippen LogP contribution >= 0.6 is 15.9 Å². The number of nitrogens with one attached hydrogen (secondary N) is 1. The number of carbonyl (C=O) groups excluding carboxylic acids is 1. The van der Waals surface area contributed by atoms with Crippen LogP contribution in [0.1, 0.15) is 10.4 Å². The highest BCUT2D eigenvalue weighted by Crippen LogP contribution is 2.28. The molecular formula is C14H13BrN2O3. The van der Waals surface area contributed by atoms with Crippen LogP contribution in [-0.2, 0) is 0 Å². The lowest BCUT2D eigenvalue weighted by Crippen LogP contribution is -2.12. The molecule has 5 nitrogen and oxygen atoms in total. The van der Waals surface area contributed by atoms with E-state index in [9.17, 15) is 9.90 Å². The third kappa shape index (κ3) is 3.03. The number of methoxy groups -OCH3 is 1. The van der Waals surface area contributed by atoms with E-state index in [-0.39, 0.29) is 11.7 Å². The number of nitrogen functional groups attached to an aromatic ring is 1. The smallest absolute Gasteiger partial charge is 0.255 e. The maximum absolute atomic E-state index is 12.1. The van der Waals surface area contributed by atoms with Crippen molar-refractivity contribution in [2.24, 2.45) is 0 Å². The van der Waals surface area contributed by atoms with Crippen molar-refractivity contribution < 1.29 is 14.6 Å². The monoisotopic (exact) mass is 336 g/mol. The van der Waals surface area contributed by atoms with Crippen molar-refractivity contribution in [2.45, 2.75) is 0 Å². The Morgan fingerprint density at radius 3 is 2.70 bits per heavy atom. The van der Waals surface area contributed by atoms with Gasteiger partial charge in [-0.3, -0.25) is 4.79 Å². The molecule has 0 atom stereocenters. The van der Waals surface area contributed by atoms with Crippen molar-refractivity contribution >= 4 is 33.2 Å². The average molecular weight is 337 g/mol. The standard InChI is InChI=1S/C14H13BrN2O3/c1-20-13-5-2-8(6-12(13)18)14(19)17-11-7-9(16)3-4-10(11)15/h2-7,18H,16H2,1H3,(H,17,19). The summed E-state index contributed by atoms with van der Waals surface area (Å²) in [6.07, 6.45) is 0. The molecular weight excluding hydrogens is 324 g/mol. The number of phenols is 1. The van der Waals surface area contributed by atoms with Crippen molar-refractivity contribution in [3.05, 3.63) is 46.4 Å². The van der Waals surface area contributed by atoms with E-state index in [1.165, 1.54) is 19.2 Å². The van der Waals surface area contributed by atoms with Crippen molar-refractivity contribution in [2.75, 3.05) is 18.2 Å². The molecule has 0 radical (unpaired) electrons. The van der Waals surface area contributed by atoms with Crippen molar-refractivity contribution in [3.8, 4) is 11.5 Å². The SMILES string of the molecule is COc1ccc(C(=O)Nc2cc(N)ccc2Br)cc1O. The Hall–Kier alpha value is -2.21. The normalized spacial score (nSPS) is 10.1. The Bertz CT molecular complexity index is 659. The number of hydrogen-bond acceptors (Lipinski definition) is 4. The van der Waals surface area contributed by atoms with E-state index in [1.807, 2.05) is 0 Å². The van der Waals surface area contributed by atoms with E-state index in [2.05, 4.69) is 21.2 Å². The van der Waals surface area contributed by atoms with Gasteiger partial charge < -0.3 is 20.9 Å². The van der Waals surface area contributed by atoms with Crippen LogP contribution in [0.3, 0.4) is 0 Å². The molecule has 0 aliphatic rings. The summed E-state index contributed by atoms with van der Waals surface area (Å²) in [7, 11) is 1.44. The van der Waals surface area contributed by atoms with Crippen LogP contribution in [0.4, 0.5) is 11.4 Å². The second-order valence-electron chi connectivity index (χ2n) is 4.08. The van der Waals surface area contributed by atoms with Gasteiger partial charge in [0.1, 0.15) is 0 Å². The quantitative estimate of drug-likeness (QED) is 0.752. The summed E-state index contributed by atoms with van der Waals surface area (Å²) in [6.45, 7) is 0.